The number of hydrogen-bond acceptors (Lipinski definition) is 5. The van der Waals surface area contributed by atoms with Crippen LogP contribution in [0.5, 0.6) is 11.5 Å². The number of aryl methyl sites for hydroxylation is 1. The first-order valence-electron chi connectivity index (χ1n) is 9.19. The summed E-state index contributed by atoms with van der Waals surface area (Å²) in [5.41, 5.74) is 6.40. The van der Waals surface area contributed by atoms with E-state index in [2.05, 4.69) is 10.9 Å². The molecule has 2 N–H and O–H groups in total. The Hall–Kier alpha value is -3.55. The Kier molecular flexibility index (Phi) is 6.33. The van der Waals surface area contributed by atoms with Gasteiger partial charge in [0.2, 0.25) is 11.8 Å². The van der Waals surface area contributed by atoms with Crippen LogP contribution in [0.25, 0.3) is 0 Å². The van der Waals surface area contributed by atoms with Crippen molar-refractivity contribution in [2.24, 2.45) is 5.92 Å². The molecular formula is C21H23N3O5. The lowest BCUT2D eigenvalue weighted by molar-refractivity contribution is -0.132. The summed E-state index contributed by atoms with van der Waals surface area (Å²) >= 11 is 0. The highest BCUT2D eigenvalue weighted by atomic mass is 16.5. The summed E-state index contributed by atoms with van der Waals surface area (Å²) in [6.45, 7) is 1.93. The number of methoxy groups -OCH3 is 1. The number of nitrogens with one attached hydrogen (secondary N) is 2. The summed E-state index contributed by atoms with van der Waals surface area (Å²) in [7, 11) is 1.57. The third kappa shape index (κ3) is 5.25. The summed E-state index contributed by atoms with van der Waals surface area (Å²) in [5.74, 6) is -0.352. The van der Waals surface area contributed by atoms with Crippen LogP contribution >= 0.6 is 0 Å². The minimum Gasteiger partial charge on any atom is -0.497 e. The van der Waals surface area contributed by atoms with E-state index in [4.69, 9.17) is 9.47 Å². The number of carbonyl (C=O) groups excluding carboxylic acids is 3. The summed E-state index contributed by atoms with van der Waals surface area (Å²) < 4.78 is 10.5. The van der Waals surface area contributed by atoms with Gasteiger partial charge in [-0.25, -0.2) is 0 Å². The van der Waals surface area contributed by atoms with Crippen LogP contribution in [0.2, 0.25) is 0 Å². The largest absolute Gasteiger partial charge is 0.497 e. The molecule has 0 aromatic heterocycles. The molecule has 2 aromatic rings. The second kappa shape index (κ2) is 9.09. The Morgan fingerprint density at radius 1 is 1.10 bits per heavy atom. The van der Waals surface area contributed by atoms with Crippen LogP contribution in [0.3, 0.4) is 0 Å². The molecule has 0 aliphatic carbocycles. The van der Waals surface area contributed by atoms with Crippen LogP contribution in [0.15, 0.2) is 48.5 Å². The van der Waals surface area contributed by atoms with Crippen LogP contribution in [0.4, 0.5) is 5.69 Å². The first-order chi connectivity index (χ1) is 14.0. The number of benzene rings is 2. The minimum absolute atomic E-state index is 0.0769. The molecule has 1 fully saturated rings. The van der Waals surface area contributed by atoms with Gasteiger partial charge in [-0.15, -0.1) is 0 Å². The van der Waals surface area contributed by atoms with E-state index >= 15 is 0 Å². The molecule has 3 amide bonds. The van der Waals surface area contributed by atoms with Gasteiger partial charge in [0.25, 0.3) is 5.91 Å². The van der Waals surface area contributed by atoms with E-state index in [1.54, 1.807) is 42.3 Å². The lowest BCUT2D eigenvalue weighted by atomic mass is 10.1. The Bertz CT molecular complexity index is 897. The fourth-order valence-electron chi connectivity index (χ4n) is 3.02. The van der Waals surface area contributed by atoms with E-state index in [-0.39, 0.29) is 25.5 Å². The van der Waals surface area contributed by atoms with E-state index in [0.29, 0.717) is 17.2 Å². The predicted molar refractivity (Wildman–Crippen MR) is 106 cm³/mol. The molecule has 29 heavy (non-hydrogen) atoms. The minimum atomic E-state index is -0.553. The van der Waals surface area contributed by atoms with E-state index in [0.717, 1.165) is 5.56 Å². The molecule has 8 heteroatoms. The normalized spacial score (nSPS) is 15.7. The highest BCUT2D eigenvalue weighted by molar-refractivity contribution is 6.00. The average Bonchev–Trinajstić information content (AvgIpc) is 3.12. The molecule has 1 aliphatic heterocycles. The van der Waals surface area contributed by atoms with Crippen molar-refractivity contribution in [3.05, 3.63) is 54.1 Å². The number of nitrogens with zero attached hydrogens (tertiary/aromatic N) is 1. The van der Waals surface area contributed by atoms with Crippen LogP contribution in [0, 0.1) is 12.8 Å². The van der Waals surface area contributed by atoms with Crippen LogP contribution in [-0.4, -0.2) is 38.0 Å². The zero-order valence-corrected chi connectivity index (χ0v) is 16.3. The second-order valence-electron chi connectivity index (χ2n) is 6.75. The van der Waals surface area contributed by atoms with Gasteiger partial charge in [-0.1, -0.05) is 12.1 Å². The van der Waals surface area contributed by atoms with Gasteiger partial charge < -0.3 is 14.4 Å². The van der Waals surface area contributed by atoms with Crippen molar-refractivity contribution in [1.82, 2.24) is 10.9 Å². The number of hydrogen-bond donors (Lipinski definition) is 2. The monoisotopic (exact) mass is 397 g/mol. The molecular weight excluding hydrogens is 374 g/mol. The molecule has 1 saturated heterocycles. The molecule has 3 rings (SSSR count). The first kappa shape index (κ1) is 20.2. The van der Waals surface area contributed by atoms with Gasteiger partial charge in [0, 0.05) is 18.7 Å². The molecule has 152 valence electrons. The Balaban J connectivity index is 1.46. The molecule has 1 atom stereocenters. The number of carbonyl (C=O) groups is 3. The third-order valence-electron chi connectivity index (χ3n) is 4.56. The average molecular weight is 397 g/mol. The van der Waals surface area contributed by atoms with Crippen molar-refractivity contribution >= 4 is 23.4 Å². The summed E-state index contributed by atoms with van der Waals surface area (Å²) in [4.78, 5) is 38.0. The molecule has 1 aliphatic rings. The quantitative estimate of drug-likeness (QED) is 0.722. The highest BCUT2D eigenvalue weighted by Gasteiger charge is 2.35. The van der Waals surface area contributed by atoms with Gasteiger partial charge in [0.05, 0.1) is 13.0 Å². The standard InChI is InChI=1S/C21H23N3O5/c1-14-4-3-5-18(10-14)29-13-19(25)22-23-21(27)15-11-20(26)24(12-15)16-6-8-17(28-2)9-7-16/h3-10,15H,11-13H2,1-2H3,(H,22,25)(H,23,27)/t15-/m0/s1. The van der Waals surface area contributed by atoms with Crippen LogP contribution in [-0.2, 0) is 14.4 Å². The molecule has 2 aromatic carbocycles. The Morgan fingerprint density at radius 3 is 2.55 bits per heavy atom. The fourth-order valence-corrected chi connectivity index (χ4v) is 3.02. The molecule has 0 spiro atoms. The van der Waals surface area contributed by atoms with Crippen molar-refractivity contribution in [2.45, 2.75) is 13.3 Å². The molecule has 8 nitrogen and oxygen atoms in total. The topological polar surface area (TPSA) is 97.0 Å². The maximum atomic E-state index is 12.3. The molecule has 0 unspecified atom stereocenters. The zero-order chi connectivity index (χ0) is 20.8. The highest BCUT2D eigenvalue weighted by Crippen LogP contribution is 2.26. The van der Waals surface area contributed by atoms with E-state index in [1.807, 2.05) is 25.1 Å². The SMILES string of the molecule is COc1ccc(N2C[C@@H](C(=O)NNC(=O)COc3cccc(C)c3)CC2=O)cc1. The van der Waals surface area contributed by atoms with Gasteiger partial charge in [0.15, 0.2) is 6.61 Å². The Labute approximate surface area is 168 Å². The Morgan fingerprint density at radius 2 is 1.86 bits per heavy atom. The van der Waals surface area contributed by atoms with Crippen molar-refractivity contribution < 1.29 is 23.9 Å². The number of amides is 3. The lowest BCUT2D eigenvalue weighted by Gasteiger charge is -2.17. The summed E-state index contributed by atoms with van der Waals surface area (Å²) in [6.07, 6.45) is 0.0769. The summed E-state index contributed by atoms with van der Waals surface area (Å²) in [5, 5.41) is 0. The summed E-state index contributed by atoms with van der Waals surface area (Å²) in [6, 6.07) is 14.3. The van der Waals surface area contributed by atoms with Gasteiger partial charge in [0.1, 0.15) is 11.5 Å². The maximum absolute atomic E-state index is 12.3. The zero-order valence-electron chi connectivity index (χ0n) is 16.3. The molecule has 0 bridgehead atoms. The van der Waals surface area contributed by atoms with E-state index in [1.165, 1.54) is 0 Å². The molecule has 0 radical (unpaired) electrons. The van der Waals surface area contributed by atoms with Gasteiger partial charge in [-0.05, 0) is 48.9 Å². The van der Waals surface area contributed by atoms with Crippen molar-refractivity contribution in [3.8, 4) is 11.5 Å². The van der Waals surface area contributed by atoms with Crippen molar-refractivity contribution in [3.63, 3.8) is 0 Å². The number of hydrazine groups is 1. The van der Waals surface area contributed by atoms with Gasteiger partial charge in [-0.3, -0.25) is 25.2 Å². The van der Waals surface area contributed by atoms with Crippen LogP contribution in [0.1, 0.15) is 12.0 Å². The lowest BCUT2D eigenvalue weighted by Crippen LogP contribution is -2.46. The van der Waals surface area contributed by atoms with Gasteiger partial charge >= 0.3 is 0 Å². The van der Waals surface area contributed by atoms with E-state index in [9.17, 15) is 14.4 Å². The number of ether oxygens (including phenoxy) is 2. The van der Waals surface area contributed by atoms with Crippen LogP contribution < -0.4 is 25.2 Å². The van der Waals surface area contributed by atoms with Gasteiger partial charge in [-0.2, -0.15) is 0 Å². The van der Waals surface area contributed by atoms with Crippen molar-refractivity contribution in [1.29, 1.82) is 0 Å². The first-order valence-corrected chi connectivity index (χ1v) is 9.19. The van der Waals surface area contributed by atoms with Crippen molar-refractivity contribution in [2.75, 3.05) is 25.2 Å². The smallest absolute Gasteiger partial charge is 0.276 e. The second-order valence-corrected chi connectivity index (χ2v) is 6.75. The maximum Gasteiger partial charge on any atom is 0.276 e. The number of anilines is 1. The van der Waals surface area contributed by atoms with E-state index < -0.39 is 17.7 Å². The predicted octanol–water partition coefficient (Wildman–Crippen LogP) is 1.58. The number of rotatable bonds is 6. The third-order valence-corrected chi connectivity index (χ3v) is 4.56. The molecule has 1 heterocycles. The fraction of sp³-hybridized carbons (Fsp3) is 0.286. The molecule has 0 saturated carbocycles.